The number of hydrogen-bond donors (Lipinski definition) is 1. The molecule has 2 saturated heterocycles. The lowest BCUT2D eigenvalue weighted by Gasteiger charge is -2.45. The van der Waals surface area contributed by atoms with Crippen LogP contribution in [-0.2, 0) is 0 Å². The van der Waals surface area contributed by atoms with Gasteiger partial charge in [0.05, 0.1) is 12.4 Å². The number of anilines is 1. The van der Waals surface area contributed by atoms with Gasteiger partial charge in [-0.15, -0.1) is 5.10 Å². The van der Waals surface area contributed by atoms with Gasteiger partial charge in [-0.05, 0) is 54.6 Å². The van der Waals surface area contributed by atoms with Crippen LogP contribution in [0.3, 0.4) is 0 Å². The van der Waals surface area contributed by atoms with Crippen LogP contribution in [0.1, 0.15) is 25.7 Å². The summed E-state index contributed by atoms with van der Waals surface area (Å²) in [5.41, 5.74) is 1.23. The smallest absolute Gasteiger partial charge is 0.225 e. The molecule has 4 rings (SSSR count). The lowest BCUT2D eigenvalue weighted by atomic mass is 9.73. The SMILES string of the molecule is c1nc(N2CCCC3(CCNCC3)C2)ncc1-n1cnnn1. The van der Waals surface area contributed by atoms with Gasteiger partial charge in [0.2, 0.25) is 5.95 Å². The van der Waals surface area contributed by atoms with Crippen molar-refractivity contribution >= 4 is 5.95 Å². The Morgan fingerprint density at radius 2 is 1.91 bits per heavy atom. The number of nitrogens with zero attached hydrogens (tertiary/aromatic N) is 7. The van der Waals surface area contributed by atoms with E-state index in [0.29, 0.717) is 5.41 Å². The van der Waals surface area contributed by atoms with Crippen LogP contribution in [0.25, 0.3) is 5.69 Å². The Kier molecular flexibility index (Phi) is 3.45. The fourth-order valence-electron chi connectivity index (χ4n) is 3.62. The molecule has 0 atom stereocenters. The largest absolute Gasteiger partial charge is 0.340 e. The number of piperidine rings is 2. The van der Waals surface area contributed by atoms with E-state index in [1.54, 1.807) is 23.4 Å². The molecular formula is C14H20N8. The summed E-state index contributed by atoms with van der Waals surface area (Å²) >= 11 is 0. The molecule has 8 nitrogen and oxygen atoms in total. The molecule has 0 aliphatic carbocycles. The average Bonchev–Trinajstić information content (AvgIpc) is 3.10. The van der Waals surface area contributed by atoms with Gasteiger partial charge in [-0.1, -0.05) is 0 Å². The summed E-state index contributed by atoms with van der Waals surface area (Å²) in [4.78, 5) is 11.4. The third kappa shape index (κ3) is 2.54. The van der Waals surface area contributed by atoms with Gasteiger partial charge in [0.15, 0.2) is 0 Å². The first-order valence-corrected chi connectivity index (χ1v) is 7.86. The zero-order valence-electron chi connectivity index (χ0n) is 12.5. The van der Waals surface area contributed by atoms with Crippen molar-refractivity contribution in [1.82, 2.24) is 35.5 Å². The molecule has 1 spiro atoms. The van der Waals surface area contributed by atoms with Crippen molar-refractivity contribution < 1.29 is 0 Å². The fraction of sp³-hybridized carbons (Fsp3) is 0.643. The minimum absolute atomic E-state index is 0.446. The van der Waals surface area contributed by atoms with Gasteiger partial charge in [0.25, 0.3) is 0 Å². The molecule has 2 aromatic heterocycles. The first kappa shape index (κ1) is 13.6. The van der Waals surface area contributed by atoms with Crippen LogP contribution in [0.4, 0.5) is 5.95 Å². The third-order valence-corrected chi connectivity index (χ3v) is 4.85. The quantitative estimate of drug-likeness (QED) is 0.860. The van der Waals surface area contributed by atoms with E-state index in [9.17, 15) is 0 Å². The Labute approximate surface area is 128 Å². The van der Waals surface area contributed by atoms with Crippen LogP contribution >= 0.6 is 0 Å². The Bertz CT molecular complexity index is 597. The summed E-state index contributed by atoms with van der Waals surface area (Å²) in [6, 6.07) is 0. The molecule has 2 aliphatic rings. The molecule has 22 heavy (non-hydrogen) atoms. The highest BCUT2D eigenvalue weighted by atomic mass is 15.5. The van der Waals surface area contributed by atoms with Gasteiger partial charge in [-0.25, -0.2) is 9.97 Å². The van der Waals surface area contributed by atoms with Crippen LogP contribution in [0, 0.1) is 5.41 Å². The van der Waals surface area contributed by atoms with E-state index in [4.69, 9.17) is 0 Å². The second kappa shape index (κ2) is 5.60. The molecule has 8 heteroatoms. The summed E-state index contributed by atoms with van der Waals surface area (Å²) in [5.74, 6) is 0.814. The molecule has 2 aromatic rings. The van der Waals surface area contributed by atoms with Gasteiger partial charge in [0.1, 0.15) is 12.0 Å². The molecule has 0 unspecified atom stereocenters. The van der Waals surface area contributed by atoms with E-state index in [1.165, 1.54) is 25.7 Å². The molecule has 0 aromatic carbocycles. The molecule has 0 amide bonds. The molecule has 2 fully saturated rings. The minimum atomic E-state index is 0.446. The Morgan fingerprint density at radius 1 is 1.09 bits per heavy atom. The highest BCUT2D eigenvalue weighted by Gasteiger charge is 2.37. The predicted molar refractivity (Wildman–Crippen MR) is 80.7 cm³/mol. The number of rotatable bonds is 2. The zero-order valence-corrected chi connectivity index (χ0v) is 12.5. The molecule has 4 heterocycles. The standard InChI is InChI=1S/C14H20N8/c1-2-14(3-5-15-6-4-14)10-21(7-1)13-16-8-12(9-17-13)22-11-18-19-20-22/h8-9,11,15H,1-7,10H2. The molecule has 1 N–H and O–H groups in total. The van der Waals surface area contributed by atoms with Gasteiger partial charge < -0.3 is 10.2 Å². The van der Waals surface area contributed by atoms with Crippen molar-refractivity contribution in [3.63, 3.8) is 0 Å². The van der Waals surface area contributed by atoms with E-state index in [-0.39, 0.29) is 0 Å². The van der Waals surface area contributed by atoms with E-state index >= 15 is 0 Å². The lowest BCUT2D eigenvalue weighted by molar-refractivity contribution is 0.166. The van der Waals surface area contributed by atoms with Crippen molar-refractivity contribution in [1.29, 1.82) is 0 Å². The normalized spacial score (nSPS) is 21.2. The monoisotopic (exact) mass is 300 g/mol. The summed E-state index contributed by atoms with van der Waals surface area (Å²) in [6.45, 7) is 4.37. The maximum atomic E-state index is 4.52. The number of nitrogens with one attached hydrogen (secondary N) is 1. The minimum Gasteiger partial charge on any atom is -0.340 e. The van der Waals surface area contributed by atoms with Crippen LogP contribution in [0.2, 0.25) is 0 Å². The van der Waals surface area contributed by atoms with Crippen LogP contribution < -0.4 is 10.2 Å². The summed E-state index contributed by atoms with van der Waals surface area (Å²) in [6.07, 6.45) is 10.2. The first-order valence-electron chi connectivity index (χ1n) is 7.86. The van der Waals surface area contributed by atoms with Crippen LogP contribution in [0.15, 0.2) is 18.7 Å². The van der Waals surface area contributed by atoms with Gasteiger partial charge in [-0.3, -0.25) is 0 Å². The fourth-order valence-corrected chi connectivity index (χ4v) is 3.62. The van der Waals surface area contributed by atoms with E-state index < -0.39 is 0 Å². The van der Waals surface area contributed by atoms with Crippen LogP contribution in [0.5, 0.6) is 0 Å². The highest BCUT2D eigenvalue weighted by Crippen LogP contribution is 2.38. The van der Waals surface area contributed by atoms with Crippen molar-refractivity contribution in [2.24, 2.45) is 5.41 Å². The first-order chi connectivity index (χ1) is 10.8. The summed E-state index contributed by atoms with van der Waals surface area (Å²) in [7, 11) is 0. The van der Waals surface area contributed by atoms with Crippen molar-refractivity contribution in [2.75, 3.05) is 31.1 Å². The predicted octanol–water partition coefficient (Wildman–Crippen LogP) is 0.422. The van der Waals surface area contributed by atoms with Crippen molar-refractivity contribution in [3.05, 3.63) is 18.7 Å². The molecular weight excluding hydrogens is 280 g/mol. The number of aromatic nitrogens is 6. The summed E-state index contributed by atoms with van der Waals surface area (Å²) < 4.78 is 1.56. The van der Waals surface area contributed by atoms with Gasteiger partial charge >= 0.3 is 0 Å². The molecule has 116 valence electrons. The molecule has 0 radical (unpaired) electrons. The van der Waals surface area contributed by atoms with Gasteiger partial charge in [-0.2, -0.15) is 4.68 Å². The van der Waals surface area contributed by atoms with E-state index in [1.807, 2.05) is 0 Å². The molecule has 0 bridgehead atoms. The van der Waals surface area contributed by atoms with Gasteiger partial charge in [0, 0.05) is 13.1 Å². The summed E-state index contributed by atoms with van der Waals surface area (Å²) in [5, 5.41) is 14.6. The van der Waals surface area contributed by atoms with E-state index in [2.05, 4.69) is 35.7 Å². The lowest BCUT2D eigenvalue weighted by Crippen LogP contribution is -2.49. The highest BCUT2D eigenvalue weighted by molar-refractivity contribution is 5.35. The second-order valence-corrected chi connectivity index (χ2v) is 6.27. The van der Waals surface area contributed by atoms with Crippen molar-refractivity contribution in [3.8, 4) is 5.69 Å². The zero-order chi connectivity index (χ0) is 14.8. The Balaban J connectivity index is 1.51. The third-order valence-electron chi connectivity index (χ3n) is 4.85. The number of hydrogen-bond acceptors (Lipinski definition) is 7. The maximum absolute atomic E-state index is 4.52. The van der Waals surface area contributed by atoms with E-state index in [0.717, 1.165) is 37.8 Å². The molecule has 0 saturated carbocycles. The number of tetrazole rings is 1. The maximum Gasteiger partial charge on any atom is 0.225 e. The topological polar surface area (TPSA) is 84.7 Å². The average molecular weight is 300 g/mol. The van der Waals surface area contributed by atoms with Crippen molar-refractivity contribution in [2.45, 2.75) is 25.7 Å². The Morgan fingerprint density at radius 3 is 2.64 bits per heavy atom. The van der Waals surface area contributed by atoms with Crippen LogP contribution in [-0.4, -0.2) is 56.4 Å². The molecule has 2 aliphatic heterocycles. The second-order valence-electron chi connectivity index (χ2n) is 6.27. The Hall–Kier alpha value is -2.09.